The fourth-order valence-electron chi connectivity index (χ4n) is 4.15. The molecule has 4 nitrogen and oxygen atoms in total. The first kappa shape index (κ1) is 19.1. The molecule has 1 aliphatic heterocycles. The van der Waals surface area contributed by atoms with Gasteiger partial charge < -0.3 is 9.47 Å². The van der Waals surface area contributed by atoms with Crippen LogP contribution in [0.2, 0.25) is 10.0 Å². The highest BCUT2D eigenvalue weighted by Gasteiger charge is 2.42. The fraction of sp³-hybridized carbons (Fsp3) is 0.364. The Hall–Kier alpha value is -2.22. The van der Waals surface area contributed by atoms with E-state index in [1.807, 2.05) is 0 Å². The highest BCUT2D eigenvalue weighted by molar-refractivity contribution is 6.37. The molecule has 2 aliphatic carbocycles. The van der Waals surface area contributed by atoms with Crippen LogP contribution in [0.3, 0.4) is 0 Å². The number of ketones is 2. The Labute approximate surface area is 173 Å². The minimum absolute atomic E-state index is 0.0103. The maximum Gasteiger partial charge on any atom is 0.163 e. The Morgan fingerprint density at radius 1 is 1.00 bits per heavy atom. The van der Waals surface area contributed by atoms with Gasteiger partial charge >= 0.3 is 0 Å². The maximum absolute atomic E-state index is 12.8. The molecule has 0 spiro atoms. The van der Waals surface area contributed by atoms with Gasteiger partial charge in [-0.3, -0.25) is 9.59 Å². The van der Waals surface area contributed by atoms with Crippen molar-refractivity contribution in [3.63, 3.8) is 0 Å². The summed E-state index contributed by atoms with van der Waals surface area (Å²) in [5.74, 6) is 3.54. The van der Waals surface area contributed by atoms with E-state index >= 15 is 0 Å². The molecule has 1 heterocycles. The number of carbonyl (C=O) groups excluding carboxylic acids is 2. The summed E-state index contributed by atoms with van der Waals surface area (Å²) in [7, 11) is 0. The predicted molar refractivity (Wildman–Crippen MR) is 106 cm³/mol. The van der Waals surface area contributed by atoms with Gasteiger partial charge in [-0.2, -0.15) is 0 Å². The average molecular weight is 417 g/mol. The van der Waals surface area contributed by atoms with E-state index in [1.165, 1.54) is 0 Å². The molecule has 28 heavy (non-hydrogen) atoms. The molecule has 0 N–H and O–H groups in total. The summed E-state index contributed by atoms with van der Waals surface area (Å²) < 4.78 is 11.5. The Kier molecular flexibility index (Phi) is 5.23. The van der Waals surface area contributed by atoms with Crippen molar-refractivity contribution in [1.29, 1.82) is 0 Å². The summed E-state index contributed by atoms with van der Waals surface area (Å²) in [6, 6.07) is 3.41. The lowest BCUT2D eigenvalue weighted by Crippen LogP contribution is -2.30. The second kappa shape index (κ2) is 7.66. The molecule has 0 atom stereocenters. The average Bonchev–Trinajstić information content (AvgIpc) is 2.66. The first-order valence-electron chi connectivity index (χ1n) is 9.26. The number of benzene rings is 1. The molecular weight excluding hydrogens is 399 g/mol. The van der Waals surface area contributed by atoms with E-state index in [4.69, 9.17) is 39.1 Å². The number of Topliss-reactive ketones (excluding diaryl/α,β-unsaturated/α-hetero) is 2. The van der Waals surface area contributed by atoms with Gasteiger partial charge in [-0.1, -0.05) is 29.1 Å². The summed E-state index contributed by atoms with van der Waals surface area (Å²) in [4.78, 5) is 25.6. The molecular formula is C22H18Cl2O4. The molecule has 6 heteroatoms. The largest absolute Gasteiger partial charge is 0.478 e. The van der Waals surface area contributed by atoms with Crippen LogP contribution in [0.5, 0.6) is 5.75 Å². The van der Waals surface area contributed by atoms with Crippen molar-refractivity contribution in [1.82, 2.24) is 0 Å². The van der Waals surface area contributed by atoms with Crippen molar-refractivity contribution in [3.05, 3.63) is 50.4 Å². The normalized spacial score (nSPS) is 19.8. The van der Waals surface area contributed by atoms with Crippen LogP contribution in [-0.4, -0.2) is 18.2 Å². The van der Waals surface area contributed by atoms with Crippen molar-refractivity contribution < 1.29 is 19.1 Å². The van der Waals surface area contributed by atoms with E-state index in [0.29, 0.717) is 69.7 Å². The third kappa shape index (κ3) is 3.23. The van der Waals surface area contributed by atoms with Crippen LogP contribution < -0.4 is 4.74 Å². The molecule has 1 aromatic carbocycles. The van der Waals surface area contributed by atoms with Crippen LogP contribution in [0.15, 0.2) is 34.8 Å². The molecule has 0 bridgehead atoms. The van der Waals surface area contributed by atoms with Gasteiger partial charge in [0.05, 0.1) is 10.0 Å². The highest BCUT2D eigenvalue weighted by Crippen LogP contribution is 2.49. The molecule has 3 aliphatic rings. The third-order valence-corrected chi connectivity index (χ3v) is 5.86. The van der Waals surface area contributed by atoms with Gasteiger partial charge in [-0.15, -0.1) is 6.42 Å². The zero-order valence-corrected chi connectivity index (χ0v) is 16.7. The van der Waals surface area contributed by atoms with Gasteiger partial charge in [0.15, 0.2) is 17.3 Å². The van der Waals surface area contributed by atoms with Crippen molar-refractivity contribution >= 4 is 34.8 Å². The molecule has 0 unspecified atom stereocenters. The molecule has 0 amide bonds. The Morgan fingerprint density at radius 2 is 1.54 bits per heavy atom. The van der Waals surface area contributed by atoms with Crippen LogP contribution in [0.4, 0.5) is 0 Å². The minimum Gasteiger partial charge on any atom is -0.478 e. The van der Waals surface area contributed by atoms with Crippen molar-refractivity contribution in [3.8, 4) is 18.1 Å². The first-order valence-corrected chi connectivity index (χ1v) is 10.0. The van der Waals surface area contributed by atoms with E-state index in [2.05, 4.69) is 5.92 Å². The number of hydrogen-bond acceptors (Lipinski definition) is 4. The molecule has 144 valence electrons. The smallest absolute Gasteiger partial charge is 0.163 e. The lowest BCUT2D eigenvalue weighted by Gasteiger charge is -2.36. The van der Waals surface area contributed by atoms with Crippen LogP contribution in [0.25, 0.3) is 0 Å². The van der Waals surface area contributed by atoms with E-state index in [0.717, 1.165) is 12.8 Å². The zero-order chi connectivity index (χ0) is 19.8. The predicted octanol–water partition coefficient (Wildman–Crippen LogP) is 5.13. The maximum atomic E-state index is 12.8. The first-order chi connectivity index (χ1) is 13.5. The number of halogens is 2. The fourth-order valence-corrected chi connectivity index (χ4v) is 4.76. The molecule has 0 saturated carbocycles. The number of carbonyl (C=O) groups is 2. The molecule has 0 saturated heterocycles. The summed E-state index contributed by atoms with van der Waals surface area (Å²) in [5, 5.41) is 0.583. The van der Waals surface area contributed by atoms with Gasteiger partial charge in [0.2, 0.25) is 0 Å². The van der Waals surface area contributed by atoms with Crippen LogP contribution in [-0.2, 0) is 14.3 Å². The summed E-state index contributed by atoms with van der Waals surface area (Å²) in [6.45, 7) is 0.0393. The van der Waals surface area contributed by atoms with Crippen molar-refractivity contribution in [2.75, 3.05) is 6.61 Å². The molecule has 0 radical (unpaired) electrons. The van der Waals surface area contributed by atoms with Gasteiger partial charge in [0.25, 0.3) is 0 Å². The molecule has 0 aromatic heterocycles. The Morgan fingerprint density at radius 3 is 2.04 bits per heavy atom. The van der Waals surface area contributed by atoms with E-state index in [-0.39, 0.29) is 18.2 Å². The number of terminal acetylenes is 1. The quantitative estimate of drug-likeness (QED) is 0.640. The minimum atomic E-state index is -0.504. The van der Waals surface area contributed by atoms with E-state index in [9.17, 15) is 9.59 Å². The summed E-state index contributed by atoms with van der Waals surface area (Å²) in [5.41, 5.74) is 1.81. The van der Waals surface area contributed by atoms with Gasteiger partial charge in [0.1, 0.15) is 18.1 Å². The topological polar surface area (TPSA) is 52.6 Å². The summed E-state index contributed by atoms with van der Waals surface area (Å²) in [6.07, 6.45) is 9.01. The number of hydrogen-bond donors (Lipinski definition) is 0. The zero-order valence-electron chi connectivity index (χ0n) is 15.1. The van der Waals surface area contributed by atoms with Crippen LogP contribution >= 0.6 is 23.2 Å². The van der Waals surface area contributed by atoms with Gasteiger partial charge in [-0.05, 0) is 30.5 Å². The summed E-state index contributed by atoms with van der Waals surface area (Å²) >= 11 is 12.8. The van der Waals surface area contributed by atoms with Crippen LogP contribution in [0, 0.1) is 12.3 Å². The number of allylic oxidation sites excluding steroid dienone is 4. The number of ether oxygens (including phenoxy) is 2. The highest BCUT2D eigenvalue weighted by atomic mass is 35.5. The third-order valence-electron chi connectivity index (χ3n) is 5.29. The van der Waals surface area contributed by atoms with Crippen LogP contribution in [0.1, 0.15) is 50.0 Å². The Balaban J connectivity index is 1.87. The van der Waals surface area contributed by atoms with Gasteiger partial charge in [0, 0.05) is 42.7 Å². The molecule has 1 aromatic rings. The Bertz CT molecular complexity index is 916. The van der Waals surface area contributed by atoms with E-state index in [1.54, 1.807) is 12.1 Å². The lowest BCUT2D eigenvalue weighted by molar-refractivity contribution is -0.117. The monoisotopic (exact) mass is 416 g/mol. The van der Waals surface area contributed by atoms with Crippen molar-refractivity contribution in [2.24, 2.45) is 0 Å². The molecule has 4 rings (SSSR count). The second-order valence-corrected chi connectivity index (χ2v) is 7.88. The van der Waals surface area contributed by atoms with Crippen molar-refractivity contribution in [2.45, 2.75) is 44.4 Å². The second-order valence-electron chi connectivity index (χ2n) is 7.07. The lowest BCUT2D eigenvalue weighted by atomic mass is 9.73. The standard InChI is InChI=1S/C22H18Cl2O4/c1-2-9-27-22-13(23)10-12(11-14(22)24)19-20-15(25)5-3-7-17(20)28-18-8-4-6-16(26)21(18)19/h1,10-11,19H,3-9H2. The van der Waals surface area contributed by atoms with Gasteiger partial charge in [-0.25, -0.2) is 0 Å². The van der Waals surface area contributed by atoms with E-state index < -0.39 is 5.92 Å². The number of rotatable bonds is 3. The molecule has 0 fully saturated rings. The SMILES string of the molecule is C#CCOc1c(Cl)cc(C2C3=C(CCCC3=O)OC3=C2C(=O)CCC3)cc1Cl.